The molecule has 3 saturated heterocycles. The summed E-state index contributed by atoms with van der Waals surface area (Å²) in [4.78, 5) is 197. The van der Waals surface area contributed by atoms with E-state index in [4.69, 9.17) is 44.7 Å². The number of benzene rings is 4. The Kier molecular flexibility index (Phi) is 31.3. The minimum absolute atomic E-state index is 0. The third kappa shape index (κ3) is 25.8. The molecule has 0 spiro atoms. The van der Waals surface area contributed by atoms with Crippen LogP contribution in [0, 0.1) is 5.92 Å². The zero-order valence-corrected chi connectivity index (χ0v) is 58.8. The number of amides is 11. The zero-order valence-electron chi connectivity index (χ0n) is 57.9. The van der Waals surface area contributed by atoms with Crippen LogP contribution in [0.2, 0.25) is 0 Å². The van der Waals surface area contributed by atoms with Crippen molar-refractivity contribution in [2.45, 2.75) is 172 Å². The molecule has 7 rings (SSSR count). The Bertz CT molecular complexity index is 3870. The zero-order chi connectivity index (χ0) is 75.8. The van der Waals surface area contributed by atoms with Gasteiger partial charge in [-0.2, -0.15) is 0 Å². The molecule has 105 heavy (non-hydrogen) atoms. The number of hydrogen-bond donors (Lipinski definition) is 17. The molecule has 10 unspecified atom stereocenters. The van der Waals surface area contributed by atoms with Gasteiger partial charge < -0.3 is 97.0 Å². The second-order valence-electron chi connectivity index (χ2n) is 26.1. The first-order valence-corrected chi connectivity index (χ1v) is 35.8. The van der Waals surface area contributed by atoms with Gasteiger partial charge in [0.05, 0.1) is 6.42 Å². The van der Waals surface area contributed by atoms with Gasteiger partial charge in [0, 0.05) is 52.0 Å². The summed E-state index contributed by atoms with van der Waals surface area (Å²) in [6, 6.07) is 11.3. The SMILES string of the molecule is C.CC(C)C1NC(=O)C(Cc2ccc(OP(=O)(O)O)cc2)NC(=O)C(CCCN=C(N)N)NC(=O)C(CCCN=C(N)N)NC(=O)C2CCCN2C(=O)C2CCCN2C(=O)C(CCCN=C(N)N)NC(=O)C(Cc2ccc3ccccc3c2)NC(=O)C(Cc2ccccc2)NC(=O)C(CC(N)=O)NC1=O. The predicted molar refractivity (Wildman–Crippen MR) is 391 cm³/mol. The third-order valence-electron chi connectivity index (χ3n) is 17.7. The van der Waals surface area contributed by atoms with Crippen molar-refractivity contribution >= 4 is 101 Å². The topological polar surface area (TPSA) is 576 Å². The lowest BCUT2D eigenvalue weighted by molar-refractivity contribution is -0.148. The predicted octanol–water partition coefficient (Wildman–Crippen LogP) is -2.46. The highest BCUT2D eigenvalue weighted by Gasteiger charge is 2.45. The lowest BCUT2D eigenvalue weighted by atomic mass is 9.99. The molecule has 3 fully saturated rings. The number of aliphatic imine (C=N–C) groups is 3. The molecule has 3 heterocycles. The van der Waals surface area contributed by atoms with Crippen molar-refractivity contribution in [2.24, 2.45) is 61.0 Å². The van der Waals surface area contributed by atoms with Gasteiger partial charge in [-0.15, -0.1) is 0 Å². The van der Waals surface area contributed by atoms with E-state index in [0.29, 0.717) is 24.0 Å². The standard InChI is InChI=1S/C68H95N20O15P.CH4/c1-38(2)55-63(97)85-51(37-54(69)89)60(94)83-48(34-39-13-4-3-5-14-39)59(93)84-50(36-41-22-25-42-15-6-7-16-43(42)33-41)58(92)81-47(19-10-30-78-68(74)75)64(98)88-32-12-21-53(88)65(99)87-31-11-20-52(87)62(96)80-46(18-9-29-77-67(72)73)56(90)79-45(17-8-28-76-66(70)71)57(91)82-49(61(95)86-55)35-40-23-26-44(27-24-40)103-104(100,101)102;/h3-7,13-16,22-27,33,38,45-53,55H,8-12,17-21,28-32,34-37H2,1-2H3,(H2,69,89)(H,79,90)(H,80,96)(H,81,92)(H,82,91)(H,83,94)(H,84,93)(H,85,97)(H,86,95)(H4,70,71,76)(H4,72,73,77)(H4,74,75,78)(H2,100,101,102);1H4. The van der Waals surface area contributed by atoms with Crippen LogP contribution >= 0.6 is 7.82 Å². The number of phosphoric ester groups is 1. The van der Waals surface area contributed by atoms with Crippen LogP contribution in [0.5, 0.6) is 5.75 Å². The Balaban J connectivity index is 0.0000173. The van der Waals surface area contributed by atoms with Crippen molar-refractivity contribution in [1.82, 2.24) is 52.3 Å². The van der Waals surface area contributed by atoms with Gasteiger partial charge in [0.15, 0.2) is 17.9 Å². The van der Waals surface area contributed by atoms with Crippen LogP contribution in [0.1, 0.15) is 109 Å². The van der Waals surface area contributed by atoms with Crippen molar-refractivity contribution in [3.05, 3.63) is 114 Å². The second-order valence-corrected chi connectivity index (χ2v) is 27.2. The normalized spacial score (nSPS) is 22.9. The number of rotatable bonds is 23. The van der Waals surface area contributed by atoms with Gasteiger partial charge in [-0.25, -0.2) is 4.57 Å². The van der Waals surface area contributed by atoms with Gasteiger partial charge in [-0.05, 0) is 110 Å². The number of nitrogens with one attached hydrogen (secondary N) is 8. The van der Waals surface area contributed by atoms with Crippen LogP contribution in [-0.4, -0.2) is 196 Å². The quantitative estimate of drug-likeness (QED) is 0.0158. The molecule has 0 aliphatic carbocycles. The minimum Gasteiger partial charge on any atom is -0.404 e. The summed E-state index contributed by atoms with van der Waals surface area (Å²) in [6.45, 7) is 3.09. The summed E-state index contributed by atoms with van der Waals surface area (Å²) in [5.41, 5.74) is 40.9. The number of primary amides is 1. The molecule has 35 nitrogen and oxygen atoms in total. The number of carbonyl (C=O) groups is 11. The monoisotopic (exact) mass is 1480 g/mol. The maximum Gasteiger partial charge on any atom is 0.524 e. The highest BCUT2D eigenvalue weighted by molar-refractivity contribution is 7.46. The molecule has 0 radical (unpaired) electrons. The van der Waals surface area contributed by atoms with E-state index in [2.05, 4.69) is 57.5 Å². The number of hydrogen-bond acceptors (Lipinski definition) is 16. The molecule has 3 aliphatic heterocycles. The van der Waals surface area contributed by atoms with Crippen molar-refractivity contribution in [1.29, 1.82) is 0 Å². The van der Waals surface area contributed by atoms with Gasteiger partial charge in [0.2, 0.25) is 65.0 Å². The molecule has 24 N–H and O–H groups in total. The van der Waals surface area contributed by atoms with Crippen LogP contribution in [0.15, 0.2) is 112 Å². The van der Waals surface area contributed by atoms with Gasteiger partial charge in [-0.1, -0.05) is 106 Å². The lowest BCUT2D eigenvalue weighted by Gasteiger charge is -2.34. The number of carbonyl (C=O) groups excluding carboxylic acids is 11. The molecule has 0 bridgehead atoms. The highest BCUT2D eigenvalue weighted by Crippen LogP contribution is 2.37. The first-order valence-electron chi connectivity index (χ1n) is 34.3. The average Bonchev–Trinajstić information content (AvgIpc) is 1.69. The van der Waals surface area contributed by atoms with Crippen LogP contribution in [0.25, 0.3) is 10.8 Å². The van der Waals surface area contributed by atoms with Crippen LogP contribution in [0.4, 0.5) is 0 Å². The maximum absolute atomic E-state index is 15.3. The van der Waals surface area contributed by atoms with E-state index in [0.717, 1.165) is 10.8 Å². The van der Waals surface area contributed by atoms with E-state index < -0.39 is 152 Å². The molecule has 0 aromatic heterocycles. The molecule has 570 valence electrons. The molecule has 11 amide bonds. The van der Waals surface area contributed by atoms with Gasteiger partial charge in [0.1, 0.15) is 66.2 Å². The van der Waals surface area contributed by atoms with Crippen molar-refractivity contribution in [3.63, 3.8) is 0 Å². The first-order chi connectivity index (χ1) is 49.4. The second kappa shape index (κ2) is 39.6. The fourth-order valence-corrected chi connectivity index (χ4v) is 12.9. The smallest absolute Gasteiger partial charge is 0.404 e. The van der Waals surface area contributed by atoms with Crippen LogP contribution in [-0.2, 0) is 76.6 Å². The summed E-state index contributed by atoms with van der Waals surface area (Å²) >= 11 is 0. The number of fused-ring (bicyclic) bond motifs is 3. The minimum atomic E-state index is -5.04. The van der Waals surface area contributed by atoms with Crippen molar-refractivity contribution in [2.75, 3.05) is 32.7 Å². The fourth-order valence-electron chi connectivity index (χ4n) is 12.5. The molecular weight excluding hydrogens is 1380 g/mol. The van der Waals surface area contributed by atoms with E-state index in [1.807, 2.05) is 36.4 Å². The molecule has 4 aromatic carbocycles. The van der Waals surface area contributed by atoms with Crippen molar-refractivity contribution in [3.8, 4) is 5.75 Å². The van der Waals surface area contributed by atoms with E-state index in [9.17, 15) is 47.9 Å². The summed E-state index contributed by atoms with van der Waals surface area (Å²) in [6.07, 6.45) is -1.00. The molecule has 3 aliphatic rings. The summed E-state index contributed by atoms with van der Waals surface area (Å²) in [5, 5.41) is 23.2. The van der Waals surface area contributed by atoms with E-state index >= 15 is 19.2 Å². The lowest BCUT2D eigenvalue weighted by Crippen LogP contribution is -2.62. The third-order valence-corrected chi connectivity index (χ3v) is 18.1. The number of guanidine groups is 3. The molecule has 0 saturated carbocycles. The highest BCUT2D eigenvalue weighted by atomic mass is 31.2. The van der Waals surface area contributed by atoms with E-state index in [1.165, 1.54) is 47.9 Å². The Morgan fingerprint density at radius 3 is 1.38 bits per heavy atom. The number of nitrogens with two attached hydrogens (primary N) is 7. The van der Waals surface area contributed by atoms with Gasteiger partial charge in [0.25, 0.3) is 0 Å². The molecule has 36 heteroatoms. The Labute approximate surface area is 607 Å². The molecule has 4 aromatic rings. The average molecular weight is 1480 g/mol. The molecular formula is C69H99N20O15P. The van der Waals surface area contributed by atoms with E-state index in [-0.39, 0.29) is 134 Å². The summed E-state index contributed by atoms with van der Waals surface area (Å²) in [5.74, 6) is -12.0. The van der Waals surface area contributed by atoms with Gasteiger partial charge in [-0.3, -0.25) is 77.5 Å². The van der Waals surface area contributed by atoms with E-state index in [1.54, 1.807) is 36.4 Å². The number of nitrogens with zero attached hydrogens (tertiary/aromatic N) is 5. The van der Waals surface area contributed by atoms with Gasteiger partial charge >= 0.3 is 7.82 Å². The van der Waals surface area contributed by atoms with Crippen LogP contribution < -0.4 is 87.2 Å². The van der Waals surface area contributed by atoms with Crippen molar-refractivity contribution < 1.29 is 71.6 Å². The molecule has 10 atom stereocenters. The summed E-state index contributed by atoms with van der Waals surface area (Å²) < 4.78 is 16.5. The maximum atomic E-state index is 15.3. The summed E-state index contributed by atoms with van der Waals surface area (Å²) in [7, 11) is -5.04. The Morgan fingerprint density at radius 2 is 0.876 bits per heavy atom. The van der Waals surface area contributed by atoms with Crippen LogP contribution in [0.3, 0.4) is 0 Å². The Hall–Kier alpha value is -10.9. The Morgan fingerprint density at radius 1 is 0.476 bits per heavy atom. The first kappa shape index (κ1) is 83.0. The fraction of sp³-hybridized carbons (Fsp3) is 0.478. The number of phosphoric acid groups is 1. The largest absolute Gasteiger partial charge is 0.524 e.